The number of piperidine rings is 1. The van der Waals surface area contributed by atoms with Gasteiger partial charge in [0.05, 0.1) is 7.11 Å². The average Bonchev–Trinajstić information content (AvgIpc) is 2.53. The maximum atomic E-state index is 12.7. The number of carbonyl (C=O) groups excluding carboxylic acids is 1. The molecule has 2 aromatic rings. The highest BCUT2D eigenvalue weighted by atomic mass is 16.5. The van der Waals surface area contributed by atoms with Crippen molar-refractivity contribution >= 4 is 16.9 Å². The lowest BCUT2D eigenvalue weighted by Gasteiger charge is -2.33. The number of benzene rings is 1. The van der Waals surface area contributed by atoms with Crippen molar-refractivity contribution in [2.75, 3.05) is 13.7 Å². The van der Waals surface area contributed by atoms with Crippen LogP contribution in [0.4, 0.5) is 0 Å². The van der Waals surface area contributed by atoms with Crippen molar-refractivity contribution in [3.05, 3.63) is 40.2 Å². The van der Waals surface area contributed by atoms with Crippen LogP contribution in [0.3, 0.4) is 0 Å². The predicted molar refractivity (Wildman–Crippen MR) is 83.4 cm³/mol. The van der Waals surface area contributed by atoms with Crippen LogP contribution in [0, 0.1) is 0 Å². The van der Waals surface area contributed by atoms with E-state index in [4.69, 9.17) is 9.15 Å². The van der Waals surface area contributed by atoms with Crippen LogP contribution >= 0.6 is 0 Å². The summed E-state index contributed by atoms with van der Waals surface area (Å²) < 4.78 is 10.5. The molecule has 1 fully saturated rings. The van der Waals surface area contributed by atoms with Crippen molar-refractivity contribution < 1.29 is 13.9 Å². The molecule has 1 atom stereocenters. The first-order valence-corrected chi connectivity index (χ1v) is 7.53. The number of hydrogen-bond acceptors (Lipinski definition) is 4. The molecule has 116 valence electrons. The highest BCUT2D eigenvalue weighted by Crippen LogP contribution is 2.22. The standard InChI is InChI=1S/C17H19NO4/c1-11-5-3-4-8-18(11)16(19)14-10-12-9-13(21-2)6-7-15(12)22-17(14)20/h6-7,9-11H,3-5,8H2,1-2H3/t11-/m0/s1. The molecule has 5 heteroatoms. The minimum Gasteiger partial charge on any atom is -0.497 e. The van der Waals surface area contributed by atoms with Crippen molar-refractivity contribution in [2.24, 2.45) is 0 Å². The van der Waals surface area contributed by atoms with Gasteiger partial charge in [-0.2, -0.15) is 0 Å². The normalized spacial score (nSPS) is 18.5. The number of likely N-dealkylation sites (tertiary alicyclic amines) is 1. The van der Waals surface area contributed by atoms with Crippen LogP contribution in [0.2, 0.25) is 0 Å². The first-order valence-electron chi connectivity index (χ1n) is 7.53. The molecule has 3 rings (SSSR count). The second kappa shape index (κ2) is 5.83. The van der Waals surface area contributed by atoms with Crippen molar-refractivity contribution in [1.82, 2.24) is 4.90 Å². The van der Waals surface area contributed by atoms with Gasteiger partial charge in [0.15, 0.2) is 0 Å². The lowest BCUT2D eigenvalue weighted by Crippen LogP contribution is -2.43. The predicted octanol–water partition coefficient (Wildman–Crippen LogP) is 2.82. The zero-order valence-corrected chi connectivity index (χ0v) is 12.8. The summed E-state index contributed by atoms with van der Waals surface area (Å²) in [7, 11) is 1.57. The minimum atomic E-state index is -0.583. The molecule has 22 heavy (non-hydrogen) atoms. The molecule has 0 unspecified atom stereocenters. The third-order valence-corrected chi connectivity index (χ3v) is 4.23. The van der Waals surface area contributed by atoms with E-state index in [0.29, 0.717) is 23.3 Å². The monoisotopic (exact) mass is 301 g/mol. The van der Waals surface area contributed by atoms with Crippen LogP contribution in [0.1, 0.15) is 36.5 Å². The summed E-state index contributed by atoms with van der Waals surface area (Å²) >= 11 is 0. The lowest BCUT2D eigenvalue weighted by molar-refractivity contribution is 0.0631. The van der Waals surface area contributed by atoms with Crippen LogP contribution in [0.15, 0.2) is 33.5 Å². The third kappa shape index (κ3) is 2.58. The molecule has 5 nitrogen and oxygen atoms in total. The quantitative estimate of drug-likeness (QED) is 0.800. The lowest BCUT2D eigenvalue weighted by atomic mass is 10.0. The Bertz CT molecular complexity index is 765. The van der Waals surface area contributed by atoms with Crippen molar-refractivity contribution in [3.63, 3.8) is 0 Å². The number of ether oxygens (including phenoxy) is 1. The van der Waals surface area contributed by atoms with E-state index in [9.17, 15) is 9.59 Å². The number of methoxy groups -OCH3 is 1. The van der Waals surface area contributed by atoms with E-state index in [-0.39, 0.29) is 17.5 Å². The zero-order valence-electron chi connectivity index (χ0n) is 12.8. The summed E-state index contributed by atoms with van der Waals surface area (Å²) in [4.78, 5) is 26.6. The van der Waals surface area contributed by atoms with Crippen LogP contribution in [0.5, 0.6) is 5.75 Å². The van der Waals surface area contributed by atoms with E-state index in [1.54, 1.807) is 36.3 Å². The van der Waals surface area contributed by atoms with E-state index in [0.717, 1.165) is 19.3 Å². The fourth-order valence-electron chi connectivity index (χ4n) is 2.93. The van der Waals surface area contributed by atoms with Crippen LogP contribution in [0.25, 0.3) is 11.0 Å². The Morgan fingerprint density at radius 3 is 2.86 bits per heavy atom. The Morgan fingerprint density at radius 2 is 2.14 bits per heavy atom. The van der Waals surface area contributed by atoms with E-state index < -0.39 is 5.63 Å². The van der Waals surface area contributed by atoms with E-state index in [1.165, 1.54) is 0 Å². The summed E-state index contributed by atoms with van der Waals surface area (Å²) in [6.07, 6.45) is 3.07. The molecule has 2 heterocycles. The van der Waals surface area contributed by atoms with Gasteiger partial charge < -0.3 is 14.1 Å². The van der Waals surface area contributed by atoms with Gasteiger partial charge in [0.1, 0.15) is 16.9 Å². The molecule has 1 saturated heterocycles. The summed E-state index contributed by atoms with van der Waals surface area (Å²) in [5.74, 6) is 0.414. The molecule has 1 aromatic carbocycles. The number of nitrogens with zero attached hydrogens (tertiary/aromatic N) is 1. The molecule has 0 radical (unpaired) electrons. The highest BCUT2D eigenvalue weighted by Gasteiger charge is 2.26. The number of hydrogen-bond donors (Lipinski definition) is 0. The van der Waals surface area contributed by atoms with Gasteiger partial charge in [-0.1, -0.05) is 0 Å². The highest BCUT2D eigenvalue weighted by molar-refractivity contribution is 5.97. The number of rotatable bonds is 2. The molecule has 1 amide bonds. The Labute approximate surface area is 128 Å². The number of carbonyl (C=O) groups is 1. The van der Waals surface area contributed by atoms with E-state index in [1.807, 2.05) is 6.92 Å². The summed E-state index contributed by atoms with van der Waals surface area (Å²) in [6, 6.07) is 6.91. The fourth-order valence-corrected chi connectivity index (χ4v) is 2.93. The van der Waals surface area contributed by atoms with E-state index >= 15 is 0 Å². The Kier molecular flexibility index (Phi) is 3.88. The largest absolute Gasteiger partial charge is 0.497 e. The van der Waals surface area contributed by atoms with Gasteiger partial charge in [0.25, 0.3) is 5.91 Å². The Hall–Kier alpha value is -2.30. The Balaban J connectivity index is 2.03. The summed E-state index contributed by atoms with van der Waals surface area (Å²) in [5.41, 5.74) is -0.0380. The molecule has 0 saturated carbocycles. The molecule has 1 aliphatic rings. The molecule has 1 aromatic heterocycles. The second-order valence-electron chi connectivity index (χ2n) is 5.69. The second-order valence-corrected chi connectivity index (χ2v) is 5.69. The molecular formula is C17H19NO4. The summed E-state index contributed by atoms with van der Waals surface area (Å²) in [6.45, 7) is 2.71. The van der Waals surface area contributed by atoms with Gasteiger partial charge in [0, 0.05) is 18.0 Å². The first kappa shape index (κ1) is 14.6. The van der Waals surface area contributed by atoms with Gasteiger partial charge >= 0.3 is 5.63 Å². The SMILES string of the molecule is COc1ccc2oc(=O)c(C(=O)N3CCCC[C@@H]3C)cc2c1. The Morgan fingerprint density at radius 1 is 1.32 bits per heavy atom. The summed E-state index contributed by atoms with van der Waals surface area (Å²) in [5, 5.41) is 0.687. The fraction of sp³-hybridized carbons (Fsp3) is 0.412. The minimum absolute atomic E-state index is 0.0921. The molecule has 1 aliphatic heterocycles. The number of fused-ring (bicyclic) bond motifs is 1. The average molecular weight is 301 g/mol. The topological polar surface area (TPSA) is 59.8 Å². The maximum Gasteiger partial charge on any atom is 0.349 e. The maximum absolute atomic E-state index is 12.7. The van der Waals surface area contributed by atoms with Crippen LogP contribution < -0.4 is 10.4 Å². The van der Waals surface area contributed by atoms with Gasteiger partial charge in [-0.15, -0.1) is 0 Å². The van der Waals surface area contributed by atoms with Gasteiger partial charge in [-0.3, -0.25) is 4.79 Å². The van der Waals surface area contributed by atoms with Gasteiger partial charge in [0.2, 0.25) is 0 Å². The van der Waals surface area contributed by atoms with Crippen LogP contribution in [-0.4, -0.2) is 30.5 Å². The third-order valence-electron chi connectivity index (χ3n) is 4.23. The smallest absolute Gasteiger partial charge is 0.349 e. The molecule has 0 N–H and O–H groups in total. The zero-order chi connectivity index (χ0) is 15.7. The molecular weight excluding hydrogens is 282 g/mol. The van der Waals surface area contributed by atoms with Crippen molar-refractivity contribution in [2.45, 2.75) is 32.2 Å². The molecule has 0 aliphatic carbocycles. The van der Waals surface area contributed by atoms with Crippen molar-refractivity contribution in [3.8, 4) is 5.75 Å². The van der Waals surface area contributed by atoms with Crippen LogP contribution in [-0.2, 0) is 0 Å². The van der Waals surface area contributed by atoms with Gasteiger partial charge in [-0.25, -0.2) is 4.79 Å². The van der Waals surface area contributed by atoms with Gasteiger partial charge in [-0.05, 0) is 50.5 Å². The number of amides is 1. The van der Waals surface area contributed by atoms with E-state index in [2.05, 4.69) is 0 Å². The molecule has 0 spiro atoms. The van der Waals surface area contributed by atoms with Crippen molar-refractivity contribution in [1.29, 1.82) is 0 Å². The first-order chi connectivity index (χ1) is 10.6. The molecule has 0 bridgehead atoms.